The Labute approximate surface area is 182 Å². The van der Waals surface area contributed by atoms with E-state index in [-0.39, 0.29) is 18.0 Å². The SMILES string of the molecule is O=C(O)C1CCN(N2CCC(C3CCNCC3)CC2)C2(C1)C(=O)c1cccc(c1)C2=O. The van der Waals surface area contributed by atoms with Gasteiger partial charge in [0.25, 0.3) is 0 Å². The zero-order valence-corrected chi connectivity index (χ0v) is 17.9. The third kappa shape index (κ3) is 3.43. The lowest BCUT2D eigenvalue weighted by atomic mass is 9.69. The third-order valence-electron chi connectivity index (χ3n) is 8.07. The lowest BCUT2D eigenvalue weighted by Gasteiger charge is -2.53. The van der Waals surface area contributed by atoms with Crippen LogP contribution in [0.15, 0.2) is 24.3 Å². The maximum absolute atomic E-state index is 13.6. The van der Waals surface area contributed by atoms with Crippen molar-refractivity contribution in [1.82, 2.24) is 15.3 Å². The standard InChI is InChI=1S/C24H31N3O4/c28-21-18-2-1-3-19(14-18)22(29)24(21)15-20(23(30)31)8-13-27(24)26-11-6-17(7-12-26)16-4-9-25-10-5-16/h1-3,14,16-17,20,25H,4-13,15H2,(H,30,31). The van der Waals surface area contributed by atoms with Gasteiger partial charge in [0.2, 0.25) is 0 Å². The number of aliphatic carboxylic acids is 1. The van der Waals surface area contributed by atoms with Gasteiger partial charge < -0.3 is 10.4 Å². The number of rotatable bonds is 3. The average Bonchev–Trinajstić information content (AvgIpc) is 2.82. The zero-order valence-electron chi connectivity index (χ0n) is 17.9. The van der Waals surface area contributed by atoms with Crippen LogP contribution in [0.5, 0.6) is 0 Å². The molecule has 31 heavy (non-hydrogen) atoms. The summed E-state index contributed by atoms with van der Waals surface area (Å²) < 4.78 is 0. The molecule has 3 saturated heterocycles. The number of nitrogens with one attached hydrogen (secondary N) is 1. The quantitative estimate of drug-likeness (QED) is 0.718. The number of benzene rings is 1. The van der Waals surface area contributed by atoms with E-state index in [1.165, 1.54) is 12.8 Å². The topological polar surface area (TPSA) is 89.9 Å². The van der Waals surface area contributed by atoms with Crippen molar-refractivity contribution in [1.29, 1.82) is 0 Å². The van der Waals surface area contributed by atoms with Gasteiger partial charge in [0.15, 0.2) is 17.1 Å². The molecule has 2 N–H and O–H groups in total. The van der Waals surface area contributed by atoms with Gasteiger partial charge in [-0.3, -0.25) is 14.4 Å². The van der Waals surface area contributed by atoms with Gasteiger partial charge in [-0.15, -0.1) is 0 Å². The molecule has 3 fully saturated rings. The van der Waals surface area contributed by atoms with Crippen LogP contribution in [0.4, 0.5) is 0 Å². The van der Waals surface area contributed by atoms with Crippen LogP contribution in [0.2, 0.25) is 0 Å². The van der Waals surface area contributed by atoms with Crippen molar-refractivity contribution in [2.75, 3.05) is 32.7 Å². The van der Waals surface area contributed by atoms with Gasteiger partial charge in [0.1, 0.15) is 0 Å². The Morgan fingerprint density at radius 3 is 2.16 bits per heavy atom. The van der Waals surface area contributed by atoms with Gasteiger partial charge in [0.05, 0.1) is 5.92 Å². The second-order valence-corrected chi connectivity index (χ2v) is 9.63. The third-order valence-corrected chi connectivity index (χ3v) is 8.07. The highest BCUT2D eigenvalue weighted by Gasteiger charge is 2.58. The normalized spacial score (nSPS) is 28.2. The second kappa shape index (κ2) is 8.11. The van der Waals surface area contributed by atoms with Gasteiger partial charge in [0, 0.05) is 30.8 Å². The number of carbonyl (C=O) groups excluding carboxylic acids is 2. The fourth-order valence-electron chi connectivity index (χ4n) is 6.34. The average molecular weight is 426 g/mol. The van der Waals surface area contributed by atoms with E-state index in [2.05, 4.69) is 10.3 Å². The summed E-state index contributed by atoms with van der Waals surface area (Å²) in [5.41, 5.74) is -0.390. The lowest BCUT2D eigenvalue weighted by Crippen LogP contribution is -2.70. The largest absolute Gasteiger partial charge is 0.481 e. The Hall–Kier alpha value is -2.09. The highest BCUT2D eigenvalue weighted by atomic mass is 16.4. The second-order valence-electron chi connectivity index (χ2n) is 9.63. The molecule has 1 atom stereocenters. The molecule has 1 unspecified atom stereocenters. The maximum Gasteiger partial charge on any atom is 0.306 e. The van der Waals surface area contributed by atoms with Crippen molar-refractivity contribution >= 4 is 17.5 Å². The van der Waals surface area contributed by atoms with Crippen LogP contribution in [-0.2, 0) is 4.79 Å². The summed E-state index contributed by atoms with van der Waals surface area (Å²) in [5, 5.41) is 17.3. The summed E-state index contributed by atoms with van der Waals surface area (Å²) in [6.45, 7) is 4.26. The molecule has 1 spiro atoms. The van der Waals surface area contributed by atoms with Crippen LogP contribution in [0.25, 0.3) is 0 Å². The smallest absolute Gasteiger partial charge is 0.306 e. The Morgan fingerprint density at radius 2 is 1.55 bits per heavy atom. The van der Waals surface area contributed by atoms with Crippen LogP contribution < -0.4 is 5.32 Å². The molecule has 5 rings (SSSR count). The van der Waals surface area contributed by atoms with E-state index in [9.17, 15) is 19.5 Å². The summed E-state index contributed by atoms with van der Waals surface area (Å²) in [4.78, 5) is 39.1. The molecule has 1 aromatic carbocycles. The molecule has 7 nitrogen and oxygen atoms in total. The number of hydrogen-bond donors (Lipinski definition) is 2. The number of hydrogen-bond acceptors (Lipinski definition) is 6. The van der Waals surface area contributed by atoms with E-state index in [1.54, 1.807) is 24.3 Å². The summed E-state index contributed by atoms with van der Waals surface area (Å²) >= 11 is 0. The molecule has 4 aliphatic rings. The molecule has 0 aromatic heterocycles. The van der Waals surface area contributed by atoms with E-state index in [0.29, 0.717) is 30.0 Å². The number of hydrazine groups is 1. The number of fused-ring (bicyclic) bond motifs is 2. The van der Waals surface area contributed by atoms with Crippen LogP contribution in [0, 0.1) is 17.8 Å². The molecule has 1 aromatic rings. The molecule has 166 valence electrons. The van der Waals surface area contributed by atoms with E-state index in [1.807, 2.05) is 5.01 Å². The van der Waals surface area contributed by atoms with E-state index in [0.717, 1.165) is 44.9 Å². The molecule has 1 aliphatic carbocycles. The van der Waals surface area contributed by atoms with Crippen LogP contribution in [0.3, 0.4) is 0 Å². The van der Waals surface area contributed by atoms with E-state index in [4.69, 9.17) is 0 Å². The Bertz CT molecular complexity index is 855. The van der Waals surface area contributed by atoms with Crippen molar-refractivity contribution in [3.05, 3.63) is 35.4 Å². The predicted octanol–water partition coefficient (Wildman–Crippen LogP) is 2.23. The summed E-state index contributed by atoms with van der Waals surface area (Å²) in [5.74, 6) is -0.628. The fourth-order valence-corrected chi connectivity index (χ4v) is 6.34. The Kier molecular flexibility index (Phi) is 5.44. The van der Waals surface area contributed by atoms with Crippen LogP contribution >= 0.6 is 0 Å². The minimum Gasteiger partial charge on any atom is -0.481 e. The van der Waals surface area contributed by atoms with Crippen molar-refractivity contribution in [3.63, 3.8) is 0 Å². The van der Waals surface area contributed by atoms with Crippen molar-refractivity contribution in [3.8, 4) is 0 Å². The number of ketones is 2. The maximum atomic E-state index is 13.6. The van der Waals surface area contributed by atoms with Gasteiger partial charge in [-0.05, 0) is 69.5 Å². The molecule has 2 bridgehead atoms. The number of carboxylic acid groups (broad SMARTS) is 1. The molecule has 7 heteroatoms. The Balaban J connectivity index is 1.42. The predicted molar refractivity (Wildman–Crippen MR) is 115 cm³/mol. The fraction of sp³-hybridized carbons (Fsp3) is 0.625. The molecular formula is C24H31N3O4. The van der Waals surface area contributed by atoms with Crippen LogP contribution in [0.1, 0.15) is 59.2 Å². The number of carbonyl (C=O) groups is 3. The molecular weight excluding hydrogens is 394 g/mol. The first kappa shape index (κ1) is 20.8. The minimum absolute atomic E-state index is 0.0523. The van der Waals surface area contributed by atoms with E-state index < -0.39 is 17.4 Å². The van der Waals surface area contributed by atoms with Gasteiger partial charge in [-0.1, -0.05) is 18.2 Å². The first-order valence-corrected chi connectivity index (χ1v) is 11.7. The lowest BCUT2D eigenvalue weighted by molar-refractivity contribution is -0.154. The number of nitrogens with zero attached hydrogens (tertiary/aromatic N) is 2. The molecule has 0 saturated carbocycles. The zero-order chi connectivity index (χ0) is 21.6. The molecule has 0 amide bonds. The molecule has 3 heterocycles. The number of piperidine rings is 3. The van der Waals surface area contributed by atoms with Gasteiger partial charge in [-0.25, -0.2) is 10.0 Å². The van der Waals surface area contributed by atoms with Gasteiger partial charge in [-0.2, -0.15) is 0 Å². The summed E-state index contributed by atoms with van der Waals surface area (Å²) in [7, 11) is 0. The minimum atomic E-state index is -1.41. The van der Waals surface area contributed by atoms with Crippen LogP contribution in [-0.4, -0.2) is 70.9 Å². The Morgan fingerprint density at radius 1 is 0.935 bits per heavy atom. The van der Waals surface area contributed by atoms with Crippen molar-refractivity contribution in [2.45, 2.75) is 44.1 Å². The van der Waals surface area contributed by atoms with E-state index >= 15 is 0 Å². The molecule has 0 radical (unpaired) electrons. The first-order valence-electron chi connectivity index (χ1n) is 11.7. The monoisotopic (exact) mass is 425 g/mol. The highest BCUT2D eigenvalue weighted by Crippen LogP contribution is 2.42. The number of Topliss-reactive ketones (excluding diaryl/α,β-unsaturated/α-hetero) is 2. The van der Waals surface area contributed by atoms with Crippen molar-refractivity contribution in [2.24, 2.45) is 17.8 Å². The summed E-state index contributed by atoms with van der Waals surface area (Å²) in [6, 6.07) is 6.87. The van der Waals surface area contributed by atoms with Gasteiger partial charge >= 0.3 is 5.97 Å². The van der Waals surface area contributed by atoms with Crippen molar-refractivity contribution < 1.29 is 19.5 Å². The number of carboxylic acids is 1. The molecule has 3 aliphatic heterocycles. The highest BCUT2D eigenvalue weighted by molar-refractivity contribution is 6.27. The summed E-state index contributed by atoms with van der Waals surface area (Å²) in [6.07, 6.45) is 5.09. The first-order chi connectivity index (χ1) is 15.0.